The second-order valence-corrected chi connectivity index (χ2v) is 5.31. The lowest BCUT2D eigenvalue weighted by molar-refractivity contribution is -0.123. The van der Waals surface area contributed by atoms with Gasteiger partial charge in [0.1, 0.15) is 0 Å². The lowest BCUT2D eigenvalue weighted by atomic mass is 10.1. The van der Waals surface area contributed by atoms with Gasteiger partial charge in [0.15, 0.2) is 18.1 Å². The zero-order valence-corrected chi connectivity index (χ0v) is 13.8. The van der Waals surface area contributed by atoms with E-state index in [1.54, 1.807) is 44.2 Å². The molecule has 3 aromatic rings. The van der Waals surface area contributed by atoms with Gasteiger partial charge in [0.2, 0.25) is 0 Å². The number of hydrogen-bond donors (Lipinski definition) is 1. The highest BCUT2D eigenvalue weighted by molar-refractivity contribution is 5.77. The minimum Gasteiger partial charge on any atom is -0.493 e. The molecule has 3 rings (SSSR count). The Bertz CT molecular complexity index is 831. The van der Waals surface area contributed by atoms with Gasteiger partial charge in [-0.25, -0.2) is 0 Å². The molecular formula is C19H18N2O4. The average molecular weight is 338 g/mol. The minimum absolute atomic E-state index is 0.0881. The van der Waals surface area contributed by atoms with Crippen LogP contribution in [0.4, 0.5) is 0 Å². The first-order valence-electron chi connectivity index (χ1n) is 7.75. The van der Waals surface area contributed by atoms with Crippen molar-refractivity contribution in [2.75, 3.05) is 13.7 Å². The van der Waals surface area contributed by atoms with Crippen molar-refractivity contribution in [1.82, 2.24) is 10.3 Å². The Morgan fingerprint density at radius 3 is 2.76 bits per heavy atom. The van der Waals surface area contributed by atoms with Crippen LogP contribution in [0, 0.1) is 0 Å². The maximum absolute atomic E-state index is 12.0. The van der Waals surface area contributed by atoms with E-state index < -0.39 is 0 Å². The first-order chi connectivity index (χ1) is 12.3. The van der Waals surface area contributed by atoms with Crippen LogP contribution in [0.3, 0.4) is 0 Å². The molecule has 0 unspecified atom stereocenters. The largest absolute Gasteiger partial charge is 0.493 e. The zero-order valence-electron chi connectivity index (χ0n) is 13.8. The number of para-hydroxylation sites is 2. The molecule has 0 atom stereocenters. The van der Waals surface area contributed by atoms with Crippen molar-refractivity contribution in [1.29, 1.82) is 0 Å². The molecule has 0 fully saturated rings. The molecule has 128 valence electrons. The number of rotatable bonds is 7. The Morgan fingerprint density at radius 2 is 2.00 bits per heavy atom. The number of amides is 1. The molecule has 0 aliphatic heterocycles. The SMILES string of the molecule is COc1ccccc1OCC(=O)NCc1cncc(-c2ccoc2)c1. The standard InChI is InChI=1S/C19H18N2O4/c1-23-17-4-2-3-5-18(17)25-13-19(22)21-10-14-8-16(11-20-9-14)15-6-7-24-12-15/h2-9,11-12H,10,13H2,1H3,(H,21,22). The first kappa shape index (κ1) is 16.6. The average Bonchev–Trinajstić information content (AvgIpc) is 3.20. The molecule has 6 heteroatoms. The summed E-state index contributed by atoms with van der Waals surface area (Å²) in [5, 5.41) is 2.81. The summed E-state index contributed by atoms with van der Waals surface area (Å²) in [6, 6.07) is 11.0. The fraction of sp³-hybridized carbons (Fsp3) is 0.158. The van der Waals surface area contributed by atoms with Crippen LogP contribution in [0.15, 0.2) is 65.7 Å². The Morgan fingerprint density at radius 1 is 1.16 bits per heavy atom. The molecule has 25 heavy (non-hydrogen) atoms. The number of carbonyl (C=O) groups is 1. The molecule has 1 N–H and O–H groups in total. The normalized spacial score (nSPS) is 10.3. The van der Waals surface area contributed by atoms with Crippen molar-refractivity contribution >= 4 is 5.91 Å². The van der Waals surface area contributed by atoms with E-state index in [1.807, 2.05) is 24.3 Å². The third kappa shape index (κ3) is 4.38. The highest BCUT2D eigenvalue weighted by Crippen LogP contribution is 2.25. The van der Waals surface area contributed by atoms with Crippen molar-refractivity contribution < 1.29 is 18.7 Å². The summed E-state index contributed by atoms with van der Waals surface area (Å²) < 4.78 is 15.8. The fourth-order valence-corrected chi connectivity index (χ4v) is 2.30. The molecule has 2 heterocycles. The number of hydrogen-bond acceptors (Lipinski definition) is 5. The second-order valence-electron chi connectivity index (χ2n) is 5.31. The van der Waals surface area contributed by atoms with Gasteiger partial charge >= 0.3 is 0 Å². The Labute approximate surface area is 145 Å². The van der Waals surface area contributed by atoms with E-state index in [4.69, 9.17) is 13.9 Å². The number of furan rings is 1. The van der Waals surface area contributed by atoms with Crippen LogP contribution in [0.25, 0.3) is 11.1 Å². The number of aromatic nitrogens is 1. The minimum atomic E-state index is -0.223. The molecule has 1 amide bonds. The number of benzene rings is 1. The van der Waals surface area contributed by atoms with Crippen LogP contribution >= 0.6 is 0 Å². The van der Waals surface area contributed by atoms with Crippen LogP contribution in [0.2, 0.25) is 0 Å². The van der Waals surface area contributed by atoms with Crippen LogP contribution in [0.1, 0.15) is 5.56 Å². The van der Waals surface area contributed by atoms with Gasteiger partial charge in [0, 0.05) is 30.1 Å². The maximum atomic E-state index is 12.0. The summed E-state index contributed by atoms with van der Waals surface area (Å²) in [4.78, 5) is 16.2. The highest BCUT2D eigenvalue weighted by atomic mass is 16.5. The lowest BCUT2D eigenvalue weighted by Crippen LogP contribution is -2.28. The Balaban J connectivity index is 1.53. The van der Waals surface area contributed by atoms with Crippen LogP contribution in [-0.4, -0.2) is 24.6 Å². The molecule has 0 saturated carbocycles. The van der Waals surface area contributed by atoms with E-state index in [2.05, 4.69) is 10.3 Å². The highest BCUT2D eigenvalue weighted by Gasteiger charge is 2.07. The van der Waals surface area contributed by atoms with Crippen LogP contribution < -0.4 is 14.8 Å². The van der Waals surface area contributed by atoms with E-state index in [9.17, 15) is 4.79 Å². The van der Waals surface area contributed by atoms with Gasteiger partial charge in [-0.15, -0.1) is 0 Å². The Hall–Kier alpha value is -3.28. The van der Waals surface area contributed by atoms with Gasteiger partial charge in [0.25, 0.3) is 5.91 Å². The molecule has 0 radical (unpaired) electrons. The van der Waals surface area contributed by atoms with E-state index in [-0.39, 0.29) is 12.5 Å². The molecule has 0 aliphatic rings. The third-order valence-corrected chi connectivity index (χ3v) is 3.57. The number of nitrogens with zero attached hydrogens (tertiary/aromatic N) is 1. The summed E-state index contributed by atoms with van der Waals surface area (Å²) >= 11 is 0. The molecule has 6 nitrogen and oxygen atoms in total. The van der Waals surface area contributed by atoms with Gasteiger partial charge in [-0.3, -0.25) is 9.78 Å². The molecule has 0 bridgehead atoms. The summed E-state index contributed by atoms with van der Waals surface area (Å²) in [7, 11) is 1.56. The van der Waals surface area contributed by atoms with Gasteiger partial charge in [-0.1, -0.05) is 12.1 Å². The molecule has 2 aromatic heterocycles. The smallest absolute Gasteiger partial charge is 0.258 e. The van der Waals surface area contributed by atoms with E-state index >= 15 is 0 Å². The van der Waals surface area contributed by atoms with Crippen molar-refractivity contribution in [3.8, 4) is 22.6 Å². The number of methoxy groups -OCH3 is 1. The summed E-state index contributed by atoms with van der Waals surface area (Å²) in [6.45, 7) is 0.280. The number of pyridine rings is 1. The third-order valence-electron chi connectivity index (χ3n) is 3.57. The lowest BCUT2D eigenvalue weighted by Gasteiger charge is -2.10. The van der Waals surface area contributed by atoms with Crippen molar-refractivity contribution in [3.05, 3.63) is 66.9 Å². The number of nitrogens with one attached hydrogen (secondary N) is 1. The summed E-state index contributed by atoms with van der Waals surface area (Å²) in [5.74, 6) is 0.899. The first-order valence-corrected chi connectivity index (χ1v) is 7.75. The van der Waals surface area contributed by atoms with Crippen LogP contribution in [-0.2, 0) is 11.3 Å². The number of ether oxygens (including phenoxy) is 2. The van der Waals surface area contributed by atoms with Crippen LogP contribution in [0.5, 0.6) is 11.5 Å². The fourth-order valence-electron chi connectivity index (χ4n) is 2.30. The van der Waals surface area contributed by atoms with E-state index in [0.717, 1.165) is 16.7 Å². The van der Waals surface area contributed by atoms with Gasteiger partial charge in [0.05, 0.1) is 19.6 Å². The van der Waals surface area contributed by atoms with Crippen molar-refractivity contribution in [2.45, 2.75) is 6.54 Å². The summed E-state index contributed by atoms with van der Waals surface area (Å²) in [5.41, 5.74) is 2.77. The quantitative estimate of drug-likeness (QED) is 0.717. The van der Waals surface area contributed by atoms with Crippen molar-refractivity contribution in [3.63, 3.8) is 0 Å². The second kappa shape index (κ2) is 8.01. The van der Waals surface area contributed by atoms with Gasteiger partial charge in [-0.2, -0.15) is 0 Å². The molecule has 1 aromatic carbocycles. The predicted molar refractivity (Wildman–Crippen MR) is 92.3 cm³/mol. The molecular weight excluding hydrogens is 320 g/mol. The van der Waals surface area contributed by atoms with Gasteiger partial charge in [-0.05, 0) is 29.8 Å². The zero-order chi connectivity index (χ0) is 17.5. The monoisotopic (exact) mass is 338 g/mol. The van der Waals surface area contributed by atoms with E-state index in [1.165, 1.54) is 0 Å². The van der Waals surface area contributed by atoms with Crippen molar-refractivity contribution in [2.24, 2.45) is 0 Å². The van der Waals surface area contributed by atoms with Gasteiger partial charge < -0.3 is 19.2 Å². The predicted octanol–water partition coefficient (Wildman–Crippen LogP) is 3.05. The molecule has 0 aliphatic carbocycles. The summed E-state index contributed by atoms with van der Waals surface area (Å²) in [6.07, 6.45) is 6.73. The maximum Gasteiger partial charge on any atom is 0.258 e. The van der Waals surface area contributed by atoms with E-state index in [0.29, 0.717) is 18.0 Å². The topological polar surface area (TPSA) is 73.6 Å². The molecule has 0 saturated heterocycles. The Kier molecular flexibility index (Phi) is 5.31. The molecule has 0 spiro atoms. The number of carbonyl (C=O) groups excluding carboxylic acids is 1.